The summed E-state index contributed by atoms with van der Waals surface area (Å²) in [6.45, 7) is 0. The topological polar surface area (TPSA) is 96.7 Å². The maximum Gasteiger partial charge on any atom is 0.419 e. The van der Waals surface area contributed by atoms with Crippen LogP contribution in [0.1, 0.15) is 0 Å². The van der Waals surface area contributed by atoms with Crippen molar-refractivity contribution in [3.05, 3.63) is 47.3 Å². The summed E-state index contributed by atoms with van der Waals surface area (Å²) in [4.78, 5) is 32.1. The van der Waals surface area contributed by atoms with Crippen LogP contribution in [0.3, 0.4) is 0 Å². The van der Waals surface area contributed by atoms with Gasteiger partial charge in [-0.05, 0) is 12.1 Å². The van der Waals surface area contributed by atoms with Crippen LogP contribution >= 0.6 is 0 Å². The Morgan fingerprint density at radius 2 is 2.32 bits per heavy atom. The van der Waals surface area contributed by atoms with Gasteiger partial charge in [0.15, 0.2) is 0 Å². The molecule has 0 saturated carbocycles. The van der Waals surface area contributed by atoms with Gasteiger partial charge in [-0.2, -0.15) is 0 Å². The van der Waals surface area contributed by atoms with Gasteiger partial charge in [-0.15, -0.1) is 0 Å². The summed E-state index contributed by atoms with van der Waals surface area (Å²) in [6, 6.07) is 3.01. The molecule has 0 fully saturated rings. The summed E-state index contributed by atoms with van der Waals surface area (Å²) < 4.78 is 0.667. The highest BCUT2D eigenvalue weighted by atomic mass is 16.7. The smallest absolute Gasteiger partial charge is 0.419 e. The molecule has 0 bridgehead atoms. The number of fused-ring (bicyclic) bond motifs is 1. The molecule has 2 N–H and O–H groups in total. The Morgan fingerprint density at radius 1 is 1.47 bits per heavy atom. The van der Waals surface area contributed by atoms with Crippen molar-refractivity contribution in [2.45, 2.75) is 0 Å². The van der Waals surface area contributed by atoms with Crippen LogP contribution in [0, 0.1) is 0 Å². The van der Waals surface area contributed by atoms with Gasteiger partial charge in [-0.1, -0.05) is 5.59 Å². The number of carboxylic acid groups (broad SMARTS) is 1. The first-order chi connectivity index (χ1) is 9.18. The lowest BCUT2D eigenvalue weighted by Crippen LogP contribution is -2.36. The van der Waals surface area contributed by atoms with Gasteiger partial charge in [0.1, 0.15) is 11.9 Å². The molecule has 2 aromatic rings. The molecule has 0 saturated heterocycles. The zero-order valence-corrected chi connectivity index (χ0v) is 9.48. The summed E-state index contributed by atoms with van der Waals surface area (Å²) >= 11 is 0. The molecule has 0 aliphatic carbocycles. The Morgan fingerprint density at radius 3 is 3.00 bits per heavy atom. The van der Waals surface area contributed by atoms with Crippen LogP contribution in [-0.4, -0.2) is 20.8 Å². The van der Waals surface area contributed by atoms with E-state index in [1.165, 1.54) is 42.0 Å². The van der Waals surface area contributed by atoms with E-state index in [9.17, 15) is 14.7 Å². The minimum Gasteiger partial charge on any atom is -0.464 e. The second-order valence-electron chi connectivity index (χ2n) is 3.75. The molecule has 96 valence electrons. The van der Waals surface area contributed by atoms with Crippen molar-refractivity contribution in [2.24, 2.45) is 0 Å². The number of nitrogens with zero attached hydrogens (tertiary/aromatic N) is 3. The van der Waals surface area contributed by atoms with Crippen LogP contribution in [0.25, 0.3) is 10.9 Å². The number of anilines is 1. The molecule has 1 aliphatic rings. The van der Waals surface area contributed by atoms with Crippen LogP contribution < -0.4 is 16.2 Å². The largest absolute Gasteiger partial charge is 0.464 e. The van der Waals surface area contributed by atoms with Crippen LogP contribution in [0.5, 0.6) is 0 Å². The number of pyridine rings is 2. The predicted octanol–water partition coefficient (Wildman–Crippen LogP) is 0.650. The van der Waals surface area contributed by atoms with Gasteiger partial charge < -0.3 is 9.94 Å². The third kappa shape index (κ3) is 1.70. The molecule has 0 radical (unpaired) electrons. The van der Waals surface area contributed by atoms with Gasteiger partial charge in [-0.25, -0.2) is 14.4 Å². The van der Waals surface area contributed by atoms with E-state index in [0.29, 0.717) is 9.95 Å². The van der Waals surface area contributed by atoms with Gasteiger partial charge >= 0.3 is 6.09 Å². The van der Waals surface area contributed by atoms with Crippen LogP contribution in [-0.2, 0) is 4.84 Å². The number of rotatable bonds is 1. The van der Waals surface area contributed by atoms with Gasteiger partial charge in [-0.3, -0.25) is 9.78 Å². The number of hydrogen-bond acceptors (Lipinski definition) is 6. The van der Waals surface area contributed by atoms with Gasteiger partial charge in [0.25, 0.3) is 5.56 Å². The molecular weight excluding hydrogens is 252 g/mol. The maximum atomic E-state index is 12.2. The minimum atomic E-state index is -1.35. The van der Waals surface area contributed by atoms with Crippen LogP contribution in [0.4, 0.5) is 10.5 Å². The lowest BCUT2D eigenvalue weighted by atomic mass is 10.2. The average molecular weight is 260 g/mol. The second kappa shape index (κ2) is 4.10. The van der Waals surface area contributed by atoms with Crippen molar-refractivity contribution < 1.29 is 14.7 Å². The zero-order chi connectivity index (χ0) is 13.4. The standard InChI is InChI=1S/C11H8N4O4/c16-10-9(14-3-4-19-13-14)5-7-6-12-2-1-8(7)15(10)11(17)18/h1-6,13H,(H,17,18). The lowest BCUT2D eigenvalue weighted by molar-refractivity contribution is 0.158. The first-order valence-electron chi connectivity index (χ1n) is 5.29. The van der Waals surface area contributed by atoms with Crippen LogP contribution in [0.2, 0.25) is 0 Å². The molecule has 19 heavy (non-hydrogen) atoms. The summed E-state index contributed by atoms with van der Waals surface area (Å²) in [5.41, 5.74) is 2.17. The van der Waals surface area contributed by atoms with Crippen molar-refractivity contribution in [3.8, 4) is 0 Å². The van der Waals surface area contributed by atoms with E-state index in [-0.39, 0.29) is 11.2 Å². The minimum absolute atomic E-state index is 0.122. The first-order valence-corrected chi connectivity index (χ1v) is 5.29. The monoisotopic (exact) mass is 260 g/mol. The Labute approximate surface area is 106 Å². The van der Waals surface area contributed by atoms with Crippen LogP contribution in [0.15, 0.2) is 41.8 Å². The molecule has 1 aliphatic heterocycles. The highest BCUT2D eigenvalue weighted by Crippen LogP contribution is 2.18. The number of nitrogens with one attached hydrogen (secondary N) is 1. The molecular formula is C11H8N4O4. The normalized spacial score (nSPS) is 13.8. The van der Waals surface area contributed by atoms with E-state index < -0.39 is 11.7 Å². The first kappa shape index (κ1) is 11.2. The molecule has 0 unspecified atom stereocenters. The van der Waals surface area contributed by atoms with Gasteiger partial charge in [0.05, 0.1) is 11.7 Å². The number of carbonyl (C=O) groups is 1. The van der Waals surface area contributed by atoms with Crippen molar-refractivity contribution in [3.63, 3.8) is 0 Å². The lowest BCUT2D eigenvalue weighted by Gasteiger charge is -2.15. The van der Waals surface area contributed by atoms with Gasteiger partial charge in [0, 0.05) is 17.8 Å². The quantitative estimate of drug-likeness (QED) is 0.776. The molecule has 3 heterocycles. The second-order valence-corrected chi connectivity index (χ2v) is 3.75. The summed E-state index contributed by atoms with van der Waals surface area (Å²) in [6.07, 6.45) is 4.35. The SMILES string of the molecule is O=C(O)n1c(=O)c(N2C=CON2)cc2cnccc21. The number of hydrogen-bond donors (Lipinski definition) is 2. The fourth-order valence-corrected chi connectivity index (χ4v) is 1.85. The molecule has 8 heteroatoms. The Bertz CT molecular complexity index is 752. The third-order valence-electron chi connectivity index (χ3n) is 2.66. The molecule has 0 amide bonds. The summed E-state index contributed by atoms with van der Waals surface area (Å²) in [5.74, 6) is 0. The summed E-state index contributed by atoms with van der Waals surface area (Å²) in [5, 5.41) is 11.0. The number of hydrazine groups is 1. The van der Waals surface area contributed by atoms with E-state index in [0.717, 1.165) is 0 Å². The molecule has 8 nitrogen and oxygen atoms in total. The van der Waals surface area contributed by atoms with Crippen molar-refractivity contribution in [2.75, 3.05) is 5.01 Å². The Hall–Kier alpha value is -2.87. The predicted molar refractivity (Wildman–Crippen MR) is 65.3 cm³/mol. The third-order valence-corrected chi connectivity index (χ3v) is 2.66. The van der Waals surface area contributed by atoms with Crippen molar-refractivity contribution in [1.82, 2.24) is 15.1 Å². The highest BCUT2D eigenvalue weighted by molar-refractivity contribution is 5.89. The fourth-order valence-electron chi connectivity index (χ4n) is 1.85. The zero-order valence-electron chi connectivity index (χ0n) is 9.48. The Kier molecular flexibility index (Phi) is 2.43. The Balaban J connectivity index is 2.35. The van der Waals surface area contributed by atoms with Gasteiger partial charge in [0.2, 0.25) is 0 Å². The molecule has 0 aromatic carbocycles. The van der Waals surface area contributed by atoms with E-state index in [2.05, 4.69) is 10.6 Å². The van der Waals surface area contributed by atoms with E-state index in [1.54, 1.807) is 0 Å². The van der Waals surface area contributed by atoms with Crippen molar-refractivity contribution >= 4 is 22.7 Å². The average Bonchev–Trinajstić information content (AvgIpc) is 2.91. The van der Waals surface area contributed by atoms with Crippen molar-refractivity contribution in [1.29, 1.82) is 0 Å². The number of aromatic nitrogens is 2. The van der Waals surface area contributed by atoms with E-state index >= 15 is 0 Å². The van der Waals surface area contributed by atoms with E-state index in [4.69, 9.17) is 4.84 Å². The maximum absolute atomic E-state index is 12.2. The summed E-state index contributed by atoms with van der Waals surface area (Å²) in [7, 11) is 0. The molecule has 3 rings (SSSR count). The highest BCUT2D eigenvalue weighted by Gasteiger charge is 2.19. The van der Waals surface area contributed by atoms with E-state index in [1.807, 2.05) is 0 Å². The molecule has 0 atom stereocenters. The molecule has 2 aromatic heterocycles. The fraction of sp³-hybridized carbons (Fsp3) is 0. The molecule has 0 spiro atoms.